The van der Waals surface area contributed by atoms with Crippen LogP contribution < -0.4 is 4.90 Å². The van der Waals surface area contributed by atoms with Crippen LogP contribution in [0.4, 0.5) is 11.6 Å². The molecular weight excluding hydrogens is 296 g/mol. The highest BCUT2D eigenvalue weighted by Gasteiger charge is 2.27. The summed E-state index contributed by atoms with van der Waals surface area (Å²) in [6, 6.07) is 0. The fourth-order valence-electron chi connectivity index (χ4n) is 2.87. The molecule has 0 saturated carbocycles. The van der Waals surface area contributed by atoms with E-state index < -0.39 is 4.92 Å². The zero-order valence-corrected chi connectivity index (χ0v) is 13.6. The van der Waals surface area contributed by atoms with E-state index in [1.54, 1.807) is 30.8 Å². The molecule has 0 bridgehead atoms. The van der Waals surface area contributed by atoms with Gasteiger partial charge in [0, 0.05) is 25.5 Å². The van der Waals surface area contributed by atoms with Crippen LogP contribution in [-0.4, -0.2) is 37.5 Å². The lowest BCUT2D eigenvalue weighted by Gasteiger charge is -2.30. The van der Waals surface area contributed by atoms with Crippen LogP contribution in [0, 0.1) is 29.9 Å². The van der Waals surface area contributed by atoms with Crippen molar-refractivity contribution >= 4 is 11.6 Å². The second-order valence-electron chi connectivity index (χ2n) is 6.05. The quantitative estimate of drug-likeness (QED) is 0.638. The highest BCUT2D eigenvalue weighted by molar-refractivity contribution is 5.54. The van der Waals surface area contributed by atoms with Crippen molar-refractivity contribution in [3.63, 3.8) is 0 Å². The van der Waals surface area contributed by atoms with Gasteiger partial charge in [-0.2, -0.15) is 4.98 Å². The van der Waals surface area contributed by atoms with Crippen LogP contribution >= 0.6 is 0 Å². The van der Waals surface area contributed by atoms with E-state index in [1.807, 2.05) is 0 Å². The van der Waals surface area contributed by atoms with Gasteiger partial charge in [0.05, 0.1) is 4.92 Å². The molecule has 2 aromatic heterocycles. The predicted molar refractivity (Wildman–Crippen MR) is 85.9 cm³/mol. The number of hydrogen-bond donors (Lipinski definition) is 0. The molecule has 8 heteroatoms. The van der Waals surface area contributed by atoms with Gasteiger partial charge in [0.2, 0.25) is 11.8 Å². The Hall–Kier alpha value is -2.51. The number of piperidine rings is 1. The third kappa shape index (κ3) is 2.88. The Morgan fingerprint density at radius 2 is 1.96 bits per heavy atom. The van der Waals surface area contributed by atoms with Gasteiger partial charge >= 0.3 is 5.69 Å². The molecule has 0 amide bonds. The Balaban J connectivity index is 2.09. The van der Waals surface area contributed by atoms with E-state index in [0.717, 1.165) is 25.9 Å². The van der Waals surface area contributed by atoms with Crippen molar-refractivity contribution in [2.75, 3.05) is 18.0 Å². The van der Waals surface area contributed by atoms with Crippen molar-refractivity contribution in [2.45, 2.75) is 33.6 Å². The van der Waals surface area contributed by atoms with E-state index in [1.165, 1.54) is 0 Å². The fourth-order valence-corrected chi connectivity index (χ4v) is 2.87. The first kappa shape index (κ1) is 15.4. The van der Waals surface area contributed by atoms with Crippen molar-refractivity contribution in [2.24, 2.45) is 5.92 Å². The first-order valence-corrected chi connectivity index (χ1v) is 7.75. The number of nitrogens with zero attached hydrogens (tertiary/aromatic N) is 6. The summed E-state index contributed by atoms with van der Waals surface area (Å²) in [6.45, 7) is 7.44. The maximum Gasteiger partial charge on any atom is 0.333 e. The lowest BCUT2D eigenvalue weighted by Crippen LogP contribution is -2.34. The minimum absolute atomic E-state index is 0.0692. The first-order chi connectivity index (χ1) is 11.0. The molecule has 1 aliphatic rings. The molecule has 2 aromatic rings. The number of anilines is 1. The summed E-state index contributed by atoms with van der Waals surface area (Å²) in [5.41, 5.74) is 0.307. The van der Waals surface area contributed by atoms with Crippen LogP contribution in [-0.2, 0) is 0 Å². The van der Waals surface area contributed by atoms with E-state index in [-0.39, 0.29) is 11.5 Å². The van der Waals surface area contributed by atoms with Gasteiger partial charge in [-0.3, -0.25) is 14.7 Å². The van der Waals surface area contributed by atoms with Crippen molar-refractivity contribution in [1.82, 2.24) is 19.5 Å². The van der Waals surface area contributed by atoms with E-state index in [0.29, 0.717) is 23.4 Å². The number of nitro groups is 1. The van der Waals surface area contributed by atoms with Crippen molar-refractivity contribution in [3.05, 3.63) is 34.0 Å². The molecule has 1 fully saturated rings. The minimum Gasteiger partial charge on any atom is -0.341 e. The van der Waals surface area contributed by atoms with E-state index in [9.17, 15) is 10.1 Å². The standard InChI is InChI=1S/C15H20N6O2/c1-10-4-7-19(8-5-10)15-17-11(2)13(21(22)23)14(18-15)20-9-6-16-12(20)3/h6,9-10H,4-5,7-8H2,1-3H3. The zero-order chi connectivity index (χ0) is 16.6. The molecule has 0 atom stereocenters. The van der Waals surface area contributed by atoms with Gasteiger partial charge in [0.15, 0.2) is 0 Å². The maximum atomic E-state index is 11.5. The summed E-state index contributed by atoms with van der Waals surface area (Å²) in [5.74, 6) is 2.19. The normalized spacial score (nSPS) is 15.9. The number of aryl methyl sites for hydroxylation is 2. The average molecular weight is 316 g/mol. The molecule has 0 aromatic carbocycles. The molecule has 0 spiro atoms. The van der Waals surface area contributed by atoms with Gasteiger partial charge in [-0.25, -0.2) is 9.97 Å². The lowest BCUT2D eigenvalue weighted by atomic mass is 10.00. The topological polar surface area (TPSA) is 90.0 Å². The molecule has 0 N–H and O–H groups in total. The molecule has 3 heterocycles. The predicted octanol–water partition coefficient (Wildman–Crippen LogP) is 2.42. The summed E-state index contributed by atoms with van der Waals surface area (Å²) < 4.78 is 1.64. The third-order valence-electron chi connectivity index (χ3n) is 4.33. The second kappa shape index (κ2) is 5.94. The largest absolute Gasteiger partial charge is 0.341 e. The van der Waals surface area contributed by atoms with Crippen molar-refractivity contribution in [1.29, 1.82) is 0 Å². The highest BCUT2D eigenvalue weighted by Crippen LogP contribution is 2.28. The number of rotatable bonds is 3. The summed E-state index contributed by atoms with van der Waals surface area (Å²) in [4.78, 5) is 26.2. The monoisotopic (exact) mass is 316 g/mol. The van der Waals surface area contributed by atoms with Gasteiger partial charge in [0.25, 0.3) is 0 Å². The Morgan fingerprint density at radius 3 is 2.52 bits per heavy atom. The Labute approximate surface area is 134 Å². The Morgan fingerprint density at radius 1 is 1.26 bits per heavy atom. The highest BCUT2D eigenvalue weighted by atomic mass is 16.6. The van der Waals surface area contributed by atoms with Crippen LogP contribution in [0.3, 0.4) is 0 Å². The molecule has 122 valence electrons. The van der Waals surface area contributed by atoms with Crippen molar-refractivity contribution < 1.29 is 4.92 Å². The molecule has 1 aliphatic heterocycles. The summed E-state index contributed by atoms with van der Waals surface area (Å²) in [7, 11) is 0. The van der Waals surface area contributed by atoms with Gasteiger partial charge in [0.1, 0.15) is 11.5 Å². The zero-order valence-electron chi connectivity index (χ0n) is 13.6. The molecule has 0 unspecified atom stereocenters. The molecular formula is C15H20N6O2. The first-order valence-electron chi connectivity index (χ1n) is 7.75. The molecule has 8 nitrogen and oxygen atoms in total. The van der Waals surface area contributed by atoms with Gasteiger partial charge in [-0.1, -0.05) is 6.92 Å². The summed E-state index contributed by atoms with van der Waals surface area (Å²) >= 11 is 0. The number of hydrogen-bond acceptors (Lipinski definition) is 6. The Kier molecular flexibility index (Phi) is 3.97. The number of imidazole rings is 1. The van der Waals surface area contributed by atoms with Crippen LogP contribution in [0.2, 0.25) is 0 Å². The molecule has 1 saturated heterocycles. The third-order valence-corrected chi connectivity index (χ3v) is 4.33. The SMILES string of the molecule is Cc1nc(N2CCC(C)CC2)nc(-n2ccnc2C)c1[N+](=O)[O-]. The van der Waals surface area contributed by atoms with Crippen LogP contribution in [0.5, 0.6) is 0 Å². The van der Waals surface area contributed by atoms with Gasteiger partial charge < -0.3 is 4.90 Å². The minimum atomic E-state index is -0.424. The molecule has 0 aliphatic carbocycles. The summed E-state index contributed by atoms with van der Waals surface area (Å²) in [6.07, 6.45) is 5.46. The number of aromatic nitrogens is 4. The van der Waals surface area contributed by atoms with E-state index >= 15 is 0 Å². The lowest BCUT2D eigenvalue weighted by molar-refractivity contribution is -0.385. The van der Waals surface area contributed by atoms with Crippen LogP contribution in [0.25, 0.3) is 5.82 Å². The van der Waals surface area contributed by atoms with Gasteiger partial charge in [-0.15, -0.1) is 0 Å². The maximum absolute atomic E-state index is 11.5. The molecule has 23 heavy (non-hydrogen) atoms. The Bertz CT molecular complexity index is 734. The van der Waals surface area contributed by atoms with E-state index in [4.69, 9.17) is 0 Å². The average Bonchev–Trinajstić information content (AvgIpc) is 2.92. The van der Waals surface area contributed by atoms with Crippen LogP contribution in [0.15, 0.2) is 12.4 Å². The summed E-state index contributed by atoms with van der Waals surface area (Å²) in [5, 5.41) is 11.5. The van der Waals surface area contributed by atoms with Gasteiger partial charge in [-0.05, 0) is 32.6 Å². The molecule has 0 radical (unpaired) electrons. The second-order valence-corrected chi connectivity index (χ2v) is 6.05. The smallest absolute Gasteiger partial charge is 0.333 e. The van der Waals surface area contributed by atoms with E-state index in [2.05, 4.69) is 26.8 Å². The molecule has 3 rings (SSSR count). The van der Waals surface area contributed by atoms with Crippen LogP contribution in [0.1, 0.15) is 31.3 Å². The fraction of sp³-hybridized carbons (Fsp3) is 0.533. The van der Waals surface area contributed by atoms with Crippen molar-refractivity contribution in [3.8, 4) is 5.82 Å².